The molecule has 0 bridgehead atoms. The van der Waals surface area contributed by atoms with Gasteiger partial charge in [0.05, 0.1) is 4.58 Å². The van der Waals surface area contributed by atoms with Crippen LogP contribution in [0.5, 0.6) is 0 Å². The highest BCUT2D eigenvalue weighted by Crippen LogP contribution is 2.52. The Balaban J connectivity index is 2.14. The summed E-state index contributed by atoms with van der Waals surface area (Å²) in [6, 6.07) is 8.38. The first-order valence-corrected chi connectivity index (χ1v) is 6.97. The predicted molar refractivity (Wildman–Crippen MR) is 71.2 cm³/mol. The Labute approximate surface area is 100 Å². The van der Waals surface area contributed by atoms with Crippen LogP contribution in [0.3, 0.4) is 0 Å². The van der Waals surface area contributed by atoms with Crippen LogP contribution in [0.2, 0.25) is 0 Å². The number of hydrogen-bond acceptors (Lipinski definition) is 2. The van der Waals surface area contributed by atoms with E-state index in [1.54, 1.807) is 0 Å². The molecular formula is C13H14S2. The molecule has 0 N–H and O–H groups in total. The maximum absolute atomic E-state index is 5.34. The zero-order valence-electron chi connectivity index (χ0n) is 8.94. The lowest BCUT2D eigenvalue weighted by molar-refractivity contribution is 0.941. The molecule has 0 radical (unpaired) electrons. The molecule has 1 fully saturated rings. The van der Waals surface area contributed by atoms with Crippen molar-refractivity contribution >= 4 is 23.5 Å². The van der Waals surface area contributed by atoms with Gasteiger partial charge in [-0.05, 0) is 17.7 Å². The molecule has 1 heterocycles. The van der Waals surface area contributed by atoms with Crippen LogP contribution in [-0.2, 0) is 0 Å². The topological polar surface area (TPSA) is 0 Å². The molecule has 1 aliphatic rings. The third-order valence-corrected chi connectivity index (χ3v) is 6.24. The van der Waals surface area contributed by atoms with Crippen molar-refractivity contribution in [2.45, 2.75) is 28.9 Å². The molecule has 1 saturated heterocycles. The Kier molecular flexibility index (Phi) is 3.33. The second kappa shape index (κ2) is 4.55. The lowest BCUT2D eigenvalue weighted by atomic mass is 10.2. The molecule has 2 rings (SSSR count). The first-order valence-electron chi connectivity index (χ1n) is 5.08. The number of hydrogen-bond donors (Lipinski definition) is 0. The molecule has 1 aromatic rings. The van der Waals surface area contributed by atoms with E-state index in [4.69, 9.17) is 6.42 Å². The van der Waals surface area contributed by atoms with E-state index in [1.165, 1.54) is 5.56 Å². The molecule has 1 aliphatic heterocycles. The SMILES string of the molecule is C#Cc1ccc(C2SC(C)C(C)S2)cc1. The van der Waals surface area contributed by atoms with Gasteiger partial charge >= 0.3 is 0 Å². The van der Waals surface area contributed by atoms with Crippen LogP contribution in [0, 0.1) is 12.3 Å². The van der Waals surface area contributed by atoms with E-state index in [2.05, 4.69) is 55.4 Å². The van der Waals surface area contributed by atoms with Crippen LogP contribution in [0.1, 0.15) is 29.6 Å². The molecule has 2 heteroatoms. The molecule has 78 valence electrons. The zero-order valence-corrected chi connectivity index (χ0v) is 10.6. The van der Waals surface area contributed by atoms with Crippen molar-refractivity contribution in [1.29, 1.82) is 0 Å². The number of benzene rings is 1. The summed E-state index contributed by atoms with van der Waals surface area (Å²) in [4.78, 5) is 0. The molecule has 15 heavy (non-hydrogen) atoms. The molecule has 0 amide bonds. The summed E-state index contributed by atoms with van der Waals surface area (Å²) in [7, 11) is 0. The van der Waals surface area contributed by atoms with Crippen LogP contribution in [0.15, 0.2) is 24.3 Å². The fraction of sp³-hybridized carbons (Fsp3) is 0.385. The number of terminal acetylenes is 1. The van der Waals surface area contributed by atoms with Gasteiger partial charge in [-0.1, -0.05) is 31.9 Å². The maximum atomic E-state index is 5.34. The monoisotopic (exact) mass is 234 g/mol. The number of rotatable bonds is 1. The molecule has 0 aromatic heterocycles. The highest BCUT2D eigenvalue weighted by atomic mass is 32.2. The van der Waals surface area contributed by atoms with E-state index in [0.29, 0.717) is 4.58 Å². The van der Waals surface area contributed by atoms with E-state index >= 15 is 0 Å². The van der Waals surface area contributed by atoms with Crippen molar-refractivity contribution in [2.75, 3.05) is 0 Å². The van der Waals surface area contributed by atoms with Gasteiger partial charge in [0.2, 0.25) is 0 Å². The third kappa shape index (κ3) is 2.35. The Morgan fingerprint density at radius 1 is 1.07 bits per heavy atom. The third-order valence-electron chi connectivity index (χ3n) is 2.69. The van der Waals surface area contributed by atoms with Gasteiger partial charge in [-0.2, -0.15) is 0 Å². The summed E-state index contributed by atoms with van der Waals surface area (Å²) in [5.41, 5.74) is 2.35. The average Bonchev–Trinajstić information content (AvgIpc) is 2.59. The highest BCUT2D eigenvalue weighted by Gasteiger charge is 2.30. The minimum Gasteiger partial charge on any atom is -0.138 e. The van der Waals surface area contributed by atoms with Crippen LogP contribution in [-0.4, -0.2) is 10.5 Å². The fourth-order valence-electron chi connectivity index (χ4n) is 1.54. The van der Waals surface area contributed by atoms with Crippen molar-refractivity contribution in [2.24, 2.45) is 0 Å². The van der Waals surface area contributed by atoms with Gasteiger partial charge in [-0.25, -0.2) is 0 Å². The molecule has 2 atom stereocenters. The summed E-state index contributed by atoms with van der Waals surface area (Å²) < 4.78 is 0.585. The van der Waals surface area contributed by atoms with Crippen molar-refractivity contribution < 1.29 is 0 Å². The van der Waals surface area contributed by atoms with Crippen LogP contribution < -0.4 is 0 Å². The second-order valence-corrected chi connectivity index (χ2v) is 7.05. The van der Waals surface area contributed by atoms with E-state index in [0.717, 1.165) is 16.1 Å². The standard InChI is InChI=1S/C13H14S2/c1-4-11-5-7-12(8-6-11)13-14-9(2)10(3)15-13/h1,5-10,13H,2-3H3. The number of thioether (sulfide) groups is 2. The molecule has 0 saturated carbocycles. The summed E-state index contributed by atoms with van der Waals surface area (Å²) in [6.07, 6.45) is 5.34. The predicted octanol–water partition coefficient (Wildman–Crippen LogP) is 3.92. The maximum Gasteiger partial charge on any atom is 0.0757 e. The Morgan fingerprint density at radius 2 is 1.60 bits per heavy atom. The van der Waals surface area contributed by atoms with E-state index < -0.39 is 0 Å². The first kappa shape index (κ1) is 11.0. The molecular weight excluding hydrogens is 220 g/mol. The van der Waals surface area contributed by atoms with E-state index in [-0.39, 0.29) is 0 Å². The second-order valence-electron chi connectivity index (χ2n) is 3.78. The van der Waals surface area contributed by atoms with Gasteiger partial charge in [0.1, 0.15) is 0 Å². The lowest BCUT2D eigenvalue weighted by Crippen LogP contribution is -2.04. The highest BCUT2D eigenvalue weighted by molar-refractivity contribution is 8.20. The van der Waals surface area contributed by atoms with Gasteiger partial charge in [-0.15, -0.1) is 29.9 Å². The van der Waals surface area contributed by atoms with E-state index in [1.807, 2.05) is 12.1 Å². The smallest absolute Gasteiger partial charge is 0.0757 e. The van der Waals surface area contributed by atoms with Crippen LogP contribution in [0.4, 0.5) is 0 Å². The molecule has 0 spiro atoms. The molecule has 0 aliphatic carbocycles. The van der Waals surface area contributed by atoms with Crippen molar-refractivity contribution in [3.8, 4) is 12.3 Å². The Morgan fingerprint density at radius 3 is 2.07 bits per heavy atom. The molecule has 2 unspecified atom stereocenters. The summed E-state index contributed by atoms with van der Waals surface area (Å²) in [6.45, 7) is 4.61. The lowest BCUT2D eigenvalue weighted by Gasteiger charge is -2.08. The van der Waals surface area contributed by atoms with Gasteiger partial charge in [0.25, 0.3) is 0 Å². The van der Waals surface area contributed by atoms with Crippen LogP contribution in [0.25, 0.3) is 0 Å². The Bertz CT molecular complexity index is 365. The largest absolute Gasteiger partial charge is 0.138 e. The summed E-state index contributed by atoms with van der Waals surface area (Å²) >= 11 is 4.10. The van der Waals surface area contributed by atoms with Gasteiger partial charge in [0.15, 0.2) is 0 Å². The first-order chi connectivity index (χ1) is 7.20. The van der Waals surface area contributed by atoms with Crippen LogP contribution >= 0.6 is 23.5 Å². The molecule has 1 aromatic carbocycles. The van der Waals surface area contributed by atoms with Gasteiger partial charge in [0, 0.05) is 16.1 Å². The quantitative estimate of drug-likeness (QED) is 0.675. The summed E-state index contributed by atoms with van der Waals surface area (Å²) in [5.74, 6) is 2.65. The minimum absolute atomic E-state index is 0.585. The normalized spacial score (nSPS) is 30.1. The Hall–Kier alpha value is -0.520. The van der Waals surface area contributed by atoms with Crippen molar-refractivity contribution in [1.82, 2.24) is 0 Å². The van der Waals surface area contributed by atoms with E-state index in [9.17, 15) is 0 Å². The summed E-state index contributed by atoms with van der Waals surface area (Å²) in [5, 5.41) is 1.49. The van der Waals surface area contributed by atoms with Crippen molar-refractivity contribution in [3.05, 3.63) is 35.4 Å². The average molecular weight is 234 g/mol. The van der Waals surface area contributed by atoms with Gasteiger partial charge < -0.3 is 0 Å². The van der Waals surface area contributed by atoms with Crippen molar-refractivity contribution in [3.63, 3.8) is 0 Å². The minimum atomic E-state index is 0.585. The molecule has 0 nitrogen and oxygen atoms in total. The zero-order chi connectivity index (χ0) is 10.8. The fourth-order valence-corrected chi connectivity index (χ4v) is 5.08. The van der Waals surface area contributed by atoms with Gasteiger partial charge in [-0.3, -0.25) is 0 Å².